The number of ether oxygens (including phenoxy) is 1. The molecule has 2 aromatic rings. The Morgan fingerprint density at radius 3 is 3.00 bits per heavy atom. The number of aromatic nitrogens is 4. The molecule has 8 nitrogen and oxygen atoms in total. The lowest BCUT2D eigenvalue weighted by molar-refractivity contribution is 0.102. The summed E-state index contributed by atoms with van der Waals surface area (Å²) in [4.78, 5) is 11.8. The first-order valence-electron chi connectivity index (χ1n) is 5.61. The summed E-state index contributed by atoms with van der Waals surface area (Å²) in [5.41, 5.74) is 6.18. The van der Waals surface area contributed by atoms with Gasteiger partial charge in [-0.25, -0.2) is 0 Å². The van der Waals surface area contributed by atoms with E-state index in [-0.39, 0.29) is 17.4 Å². The topological polar surface area (TPSA) is 108 Å². The molecule has 1 amide bonds. The van der Waals surface area contributed by atoms with Crippen molar-refractivity contribution >= 4 is 17.4 Å². The van der Waals surface area contributed by atoms with Gasteiger partial charge in [-0.05, 0) is 12.1 Å². The Kier molecular flexibility index (Phi) is 4.04. The van der Waals surface area contributed by atoms with E-state index in [9.17, 15) is 4.79 Å². The van der Waals surface area contributed by atoms with E-state index in [1.807, 2.05) is 0 Å². The second-order valence-electron chi connectivity index (χ2n) is 3.78. The lowest BCUT2D eigenvalue weighted by Gasteiger charge is -2.01. The largest absolute Gasteiger partial charge is 0.383 e. The third-order valence-electron chi connectivity index (χ3n) is 2.33. The molecule has 0 bridgehead atoms. The van der Waals surface area contributed by atoms with Gasteiger partial charge in [-0.2, -0.15) is 5.10 Å². The third kappa shape index (κ3) is 3.49. The second kappa shape index (κ2) is 5.91. The van der Waals surface area contributed by atoms with Crippen molar-refractivity contribution in [1.29, 1.82) is 0 Å². The minimum absolute atomic E-state index is 0.193. The molecule has 0 saturated heterocycles. The second-order valence-corrected chi connectivity index (χ2v) is 3.78. The predicted octanol–water partition coefficient (Wildman–Crippen LogP) is 0.154. The van der Waals surface area contributed by atoms with Crippen molar-refractivity contribution in [3.63, 3.8) is 0 Å². The van der Waals surface area contributed by atoms with E-state index in [1.165, 1.54) is 12.1 Å². The number of carbonyl (C=O) groups is 1. The number of nitrogens with two attached hydrogens (primary N) is 1. The Morgan fingerprint density at radius 2 is 2.32 bits per heavy atom. The minimum Gasteiger partial charge on any atom is -0.383 e. The SMILES string of the molecule is COCCn1cc(NC(=O)c2ccc(N)nn2)cn1. The van der Waals surface area contributed by atoms with Gasteiger partial charge < -0.3 is 15.8 Å². The summed E-state index contributed by atoms with van der Waals surface area (Å²) in [7, 11) is 1.62. The van der Waals surface area contributed by atoms with Gasteiger partial charge in [-0.3, -0.25) is 9.48 Å². The Balaban J connectivity index is 1.98. The normalized spacial score (nSPS) is 10.4. The molecule has 0 aromatic carbocycles. The zero-order valence-corrected chi connectivity index (χ0v) is 10.4. The number of nitrogens with zero attached hydrogens (tertiary/aromatic N) is 4. The van der Waals surface area contributed by atoms with E-state index in [1.54, 1.807) is 24.2 Å². The van der Waals surface area contributed by atoms with Crippen LogP contribution in [0.2, 0.25) is 0 Å². The summed E-state index contributed by atoms with van der Waals surface area (Å²) >= 11 is 0. The molecule has 0 aliphatic rings. The first-order chi connectivity index (χ1) is 9.19. The number of nitrogens with one attached hydrogen (secondary N) is 1. The molecule has 8 heteroatoms. The molecule has 0 aliphatic carbocycles. The molecular formula is C11H14N6O2. The van der Waals surface area contributed by atoms with Gasteiger partial charge in [0, 0.05) is 13.3 Å². The smallest absolute Gasteiger partial charge is 0.276 e. The number of methoxy groups -OCH3 is 1. The zero-order valence-electron chi connectivity index (χ0n) is 10.4. The van der Waals surface area contributed by atoms with Crippen LogP contribution in [0.25, 0.3) is 0 Å². The van der Waals surface area contributed by atoms with Crippen molar-refractivity contribution < 1.29 is 9.53 Å². The van der Waals surface area contributed by atoms with E-state index in [0.29, 0.717) is 18.8 Å². The molecule has 3 N–H and O–H groups in total. The zero-order chi connectivity index (χ0) is 13.7. The Labute approximate surface area is 109 Å². The van der Waals surface area contributed by atoms with Crippen molar-refractivity contribution in [2.24, 2.45) is 0 Å². The van der Waals surface area contributed by atoms with Gasteiger partial charge in [0.2, 0.25) is 0 Å². The molecule has 0 fully saturated rings. The van der Waals surface area contributed by atoms with Crippen LogP contribution in [-0.4, -0.2) is 39.6 Å². The Hall–Kier alpha value is -2.48. The van der Waals surface area contributed by atoms with Crippen LogP contribution in [0.15, 0.2) is 24.5 Å². The molecule has 19 heavy (non-hydrogen) atoms. The van der Waals surface area contributed by atoms with Crippen molar-refractivity contribution in [2.45, 2.75) is 6.54 Å². The molecule has 2 aromatic heterocycles. The van der Waals surface area contributed by atoms with Crippen LogP contribution < -0.4 is 11.1 Å². The van der Waals surface area contributed by atoms with Crippen molar-refractivity contribution in [3.05, 3.63) is 30.2 Å². The quantitative estimate of drug-likeness (QED) is 0.794. The molecular weight excluding hydrogens is 248 g/mol. The summed E-state index contributed by atoms with van der Waals surface area (Å²) < 4.78 is 6.61. The van der Waals surface area contributed by atoms with E-state index in [0.717, 1.165) is 0 Å². The third-order valence-corrected chi connectivity index (χ3v) is 2.33. The minimum atomic E-state index is -0.362. The monoisotopic (exact) mass is 262 g/mol. The van der Waals surface area contributed by atoms with Gasteiger partial charge >= 0.3 is 0 Å². The highest BCUT2D eigenvalue weighted by Gasteiger charge is 2.09. The van der Waals surface area contributed by atoms with E-state index in [4.69, 9.17) is 10.5 Å². The Bertz CT molecular complexity index is 551. The standard InChI is InChI=1S/C11H14N6O2/c1-19-5-4-17-7-8(6-13-17)14-11(18)9-2-3-10(12)16-15-9/h2-3,6-7H,4-5H2,1H3,(H2,12,16)(H,14,18). The lowest BCUT2D eigenvalue weighted by Crippen LogP contribution is -2.14. The maximum absolute atomic E-state index is 11.8. The molecule has 0 radical (unpaired) electrons. The van der Waals surface area contributed by atoms with Crippen LogP contribution >= 0.6 is 0 Å². The van der Waals surface area contributed by atoms with Crippen LogP contribution in [0.3, 0.4) is 0 Å². The van der Waals surface area contributed by atoms with Gasteiger partial charge in [-0.1, -0.05) is 0 Å². The van der Waals surface area contributed by atoms with Gasteiger partial charge in [0.05, 0.1) is 25.0 Å². The maximum Gasteiger partial charge on any atom is 0.276 e. The fraction of sp³-hybridized carbons (Fsp3) is 0.273. The van der Waals surface area contributed by atoms with E-state index in [2.05, 4.69) is 20.6 Å². The summed E-state index contributed by atoms with van der Waals surface area (Å²) in [5, 5.41) is 14.1. The molecule has 0 atom stereocenters. The number of amides is 1. The highest BCUT2D eigenvalue weighted by Crippen LogP contribution is 2.07. The van der Waals surface area contributed by atoms with Crippen molar-refractivity contribution in [1.82, 2.24) is 20.0 Å². The van der Waals surface area contributed by atoms with Gasteiger partial charge in [0.15, 0.2) is 5.69 Å². The molecule has 0 unspecified atom stereocenters. The molecule has 2 rings (SSSR count). The summed E-state index contributed by atoms with van der Waals surface area (Å²) in [6.45, 7) is 1.17. The van der Waals surface area contributed by atoms with Crippen LogP contribution in [0, 0.1) is 0 Å². The summed E-state index contributed by atoms with van der Waals surface area (Å²) in [6.07, 6.45) is 3.26. The molecule has 0 saturated carbocycles. The van der Waals surface area contributed by atoms with Crippen LogP contribution in [0.5, 0.6) is 0 Å². The number of carbonyl (C=O) groups excluding carboxylic acids is 1. The van der Waals surface area contributed by atoms with Gasteiger partial charge in [0.25, 0.3) is 5.91 Å². The van der Waals surface area contributed by atoms with Gasteiger partial charge in [-0.15, -0.1) is 10.2 Å². The number of anilines is 2. The number of rotatable bonds is 5. The van der Waals surface area contributed by atoms with E-state index < -0.39 is 0 Å². The number of nitrogen functional groups attached to an aromatic ring is 1. The fourth-order valence-corrected chi connectivity index (χ4v) is 1.39. The van der Waals surface area contributed by atoms with Crippen molar-refractivity contribution in [3.8, 4) is 0 Å². The predicted molar refractivity (Wildman–Crippen MR) is 68.5 cm³/mol. The van der Waals surface area contributed by atoms with Crippen molar-refractivity contribution in [2.75, 3.05) is 24.8 Å². The number of hydrogen-bond acceptors (Lipinski definition) is 6. The van der Waals surface area contributed by atoms with Crippen LogP contribution in [0.1, 0.15) is 10.5 Å². The summed E-state index contributed by atoms with van der Waals surface area (Å²) in [5.74, 6) is -0.0947. The first kappa shape index (κ1) is 13.0. The maximum atomic E-state index is 11.8. The summed E-state index contributed by atoms with van der Waals surface area (Å²) in [6, 6.07) is 3.02. The molecule has 0 spiro atoms. The van der Waals surface area contributed by atoms with Gasteiger partial charge in [0.1, 0.15) is 5.82 Å². The lowest BCUT2D eigenvalue weighted by atomic mass is 10.3. The fourth-order valence-electron chi connectivity index (χ4n) is 1.39. The van der Waals surface area contributed by atoms with E-state index >= 15 is 0 Å². The Morgan fingerprint density at radius 1 is 1.47 bits per heavy atom. The highest BCUT2D eigenvalue weighted by atomic mass is 16.5. The molecule has 0 aliphatic heterocycles. The van der Waals surface area contributed by atoms with Crippen LogP contribution in [0.4, 0.5) is 11.5 Å². The molecule has 100 valence electrons. The first-order valence-corrected chi connectivity index (χ1v) is 5.61. The number of hydrogen-bond donors (Lipinski definition) is 2. The average Bonchev–Trinajstić information content (AvgIpc) is 2.84. The highest BCUT2D eigenvalue weighted by molar-refractivity contribution is 6.02. The van der Waals surface area contributed by atoms with Crippen LogP contribution in [-0.2, 0) is 11.3 Å². The molecule has 2 heterocycles. The average molecular weight is 262 g/mol.